The van der Waals surface area contributed by atoms with Crippen LogP contribution in [-0.2, 0) is 16.8 Å². The van der Waals surface area contributed by atoms with Crippen molar-refractivity contribution < 1.29 is 9.32 Å². The molecule has 0 spiro atoms. The number of piperidine rings is 1. The van der Waals surface area contributed by atoms with Crippen LogP contribution in [0, 0.1) is 5.92 Å². The molecule has 0 aromatic carbocycles. The molecule has 0 unspecified atom stereocenters. The van der Waals surface area contributed by atoms with Crippen molar-refractivity contribution in [3.63, 3.8) is 0 Å². The van der Waals surface area contributed by atoms with Gasteiger partial charge in [0.2, 0.25) is 11.8 Å². The zero-order chi connectivity index (χ0) is 15.6. The van der Waals surface area contributed by atoms with Gasteiger partial charge in [0.1, 0.15) is 0 Å². The first kappa shape index (κ1) is 15.9. The molecular weight excluding hydrogens is 268 g/mol. The zero-order valence-electron chi connectivity index (χ0n) is 13.7. The average molecular weight is 294 g/mol. The zero-order valence-corrected chi connectivity index (χ0v) is 13.7. The normalized spacial score (nSPS) is 18.0. The Morgan fingerprint density at radius 2 is 1.95 bits per heavy atom. The molecule has 6 nitrogen and oxygen atoms in total. The first-order valence-corrected chi connectivity index (χ1v) is 7.54. The number of aromatic nitrogens is 2. The van der Waals surface area contributed by atoms with Gasteiger partial charge in [-0.2, -0.15) is 4.98 Å². The molecule has 0 N–H and O–H groups in total. The van der Waals surface area contributed by atoms with E-state index in [9.17, 15) is 4.79 Å². The standard InChI is InChI=1S/C15H26N4O2/c1-15(2,3)14-16-12(17-21-14)10-19-8-6-11(7-9-19)13(20)18(4)5/h11H,6-10H2,1-5H3. The summed E-state index contributed by atoms with van der Waals surface area (Å²) in [7, 11) is 3.64. The number of carbonyl (C=O) groups excluding carboxylic acids is 1. The molecule has 0 aliphatic carbocycles. The Bertz CT molecular complexity index is 482. The van der Waals surface area contributed by atoms with E-state index < -0.39 is 0 Å². The number of hydrogen-bond acceptors (Lipinski definition) is 5. The Balaban J connectivity index is 1.86. The molecular formula is C15H26N4O2. The van der Waals surface area contributed by atoms with Crippen LogP contribution in [0.1, 0.15) is 45.3 Å². The van der Waals surface area contributed by atoms with E-state index in [1.165, 1.54) is 0 Å². The molecule has 1 aliphatic rings. The topological polar surface area (TPSA) is 62.5 Å². The Hall–Kier alpha value is -1.43. The lowest BCUT2D eigenvalue weighted by atomic mass is 9.95. The van der Waals surface area contributed by atoms with Crippen molar-refractivity contribution in [1.82, 2.24) is 19.9 Å². The maximum absolute atomic E-state index is 11.9. The fraction of sp³-hybridized carbons (Fsp3) is 0.800. The van der Waals surface area contributed by atoms with Gasteiger partial charge in [0.25, 0.3) is 0 Å². The maximum Gasteiger partial charge on any atom is 0.232 e. The van der Waals surface area contributed by atoms with E-state index in [1.54, 1.807) is 4.90 Å². The smallest absolute Gasteiger partial charge is 0.232 e. The number of likely N-dealkylation sites (tertiary alicyclic amines) is 1. The fourth-order valence-electron chi connectivity index (χ4n) is 2.53. The van der Waals surface area contributed by atoms with Crippen LogP contribution in [0.4, 0.5) is 0 Å². The molecule has 2 rings (SSSR count). The number of amides is 1. The van der Waals surface area contributed by atoms with Crippen LogP contribution in [0.2, 0.25) is 0 Å². The van der Waals surface area contributed by atoms with Gasteiger partial charge in [0.05, 0.1) is 6.54 Å². The van der Waals surface area contributed by atoms with Crippen molar-refractivity contribution in [3.8, 4) is 0 Å². The van der Waals surface area contributed by atoms with E-state index in [4.69, 9.17) is 4.52 Å². The van der Waals surface area contributed by atoms with E-state index >= 15 is 0 Å². The van der Waals surface area contributed by atoms with Crippen LogP contribution in [0.3, 0.4) is 0 Å². The summed E-state index contributed by atoms with van der Waals surface area (Å²) >= 11 is 0. The summed E-state index contributed by atoms with van der Waals surface area (Å²) in [6.07, 6.45) is 1.81. The Kier molecular flexibility index (Phi) is 4.66. The minimum Gasteiger partial charge on any atom is -0.349 e. The van der Waals surface area contributed by atoms with Crippen LogP contribution in [0.25, 0.3) is 0 Å². The monoisotopic (exact) mass is 294 g/mol. The van der Waals surface area contributed by atoms with E-state index in [0.717, 1.165) is 31.8 Å². The summed E-state index contributed by atoms with van der Waals surface area (Å²) in [5.41, 5.74) is -0.115. The Morgan fingerprint density at radius 1 is 1.33 bits per heavy atom. The second-order valence-corrected chi connectivity index (χ2v) is 7.05. The van der Waals surface area contributed by atoms with Gasteiger partial charge in [-0.05, 0) is 25.9 Å². The van der Waals surface area contributed by atoms with Crippen molar-refractivity contribution >= 4 is 5.91 Å². The summed E-state index contributed by atoms with van der Waals surface area (Å²) in [5, 5.41) is 4.06. The highest BCUT2D eigenvalue weighted by molar-refractivity contribution is 5.78. The van der Waals surface area contributed by atoms with Crippen LogP contribution < -0.4 is 0 Å². The van der Waals surface area contributed by atoms with Gasteiger partial charge in [-0.15, -0.1) is 0 Å². The molecule has 1 aromatic heterocycles. The summed E-state index contributed by atoms with van der Waals surface area (Å²) in [6, 6.07) is 0. The van der Waals surface area contributed by atoms with E-state index in [2.05, 4.69) is 35.8 Å². The van der Waals surface area contributed by atoms with Crippen LogP contribution in [0.5, 0.6) is 0 Å². The predicted molar refractivity (Wildman–Crippen MR) is 79.7 cm³/mol. The van der Waals surface area contributed by atoms with E-state index in [-0.39, 0.29) is 17.2 Å². The first-order valence-electron chi connectivity index (χ1n) is 7.54. The molecule has 21 heavy (non-hydrogen) atoms. The molecule has 1 aliphatic heterocycles. The predicted octanol–water partition coefficient (Wildman–Crippen LogP) is 1.67. The van der Waals surface area contributed by atoms with Gasteiger partial charge >= 0.3 is 0 Å². The summed E-state index contributed by atoms with van der Waals surface area (Å²) in [4.78, 5) is 20.4. The van der Waals surface area contributed by atoms with E-state index in [0.29, 0.717) is 12.4 Å². The van der Waals surface area contributed by atoms with Crippen molar-refractivity contribution in [3.05, 3.63) is 11.7 Å². The molecule has 118 valence electrons. The SMILES string of the molecule is CN(C)C(=O)C1CCN(Cc2noc(C(C)(C)C)n2)CC1. The second kappa shape index (κ2) is 6.13. The third-order valence-corrected chi connectivity index (χ3v) is 3.85. The molecule has 0 atom stereocenters. The van der Waals surface area contributed by atoms with Gasteiger partial charge in [-0.3, -0.25) is 9.69 Å². The van der Waals surface area contributed by atoms with Gasteiger partial charge in [-0.1, -0.05) is 25.9 Å². The lowest BCUT2D eigenvalue weighted by Gasteiger charge is -2.31. The van der Waals surface area contributed by atoms with Gasteiger partial charge in [0.15, 0.2) is 5.82 Å². The molecule has 1 fully saturated rings. The molecule has 1 amide bonds. The molecule has 2 heterocycles. The molecule has 1 saturated heterocycles. The molecule has 0 saturated carbocycles. The fourth-order valence-corrected chi connectivity index (χ4v) is 2.53. The minimum absolute atomic E-state index is 0.115. The summed E-state index contributed by atoms with van der Waals surface area (Å²) in [5.74, 6) is 1.81. The molecule has 1 aromatic rings. The third-order valence-electron chi connectivity index (χ3n) is 3.85. The highest BCUT2D eigenvalue weighted by Crippen LogP contribution is 2.22. The first-order chi connectivity index (χ1) is 9.77. The van der Waals surface area contributed by atoms with Crippen LogP contribution in [-0.4, -0.2) is 53.0 Å². The number of carbonyl (C=O) groups is 1. The maximum atomic E-state index is 11.9. The van der Waals surface area contributed by atoms with Gasteiger partial charge in [0, 0.05) is 25.4 Å². The summed E-state index contributed by atoms with van der Waals surface area (Å²) in [6.45, 7) is 8.68. The van der Waals surface area contributed by atoms with Crippen LogP contribution in [0.15, 0.2) is 4.52 Å². The van der Waals surface area contributed by atoms with Gasteiger partial charge in [-0.25, -0.2) is 0 Å². The van der Waals surface area contributed by atoms with Crippen molar-refractivity contribution in [2.24, 2.45) is 5.92 Å². The van der Waals surface area contributed by atoms with Crippen LogP contribution >= 0.6 is 0 Å². The minimum atomic E-state index is -0.115. The molecule has 0 bridgehead atoms. The quantitative estimate of drug-likeness (QED) is 0.848. The van der Waals surface area contributed by atoms with Gasteiger partial charge < -0.3 is 9.42 Å². The largest absolute Gasteiger partial charge is 0.349 e. The van der Waals surface area contributed by atoms with Crippen molar-refractivity contribution in [2.45, 2.75) is 45.6 Å². The molecule has 0 radical (unpaired) electrons. The van der Waals surface area contributed by atoms with E-state index in [1.807, 2.05) is 14.1 Å². The lowest BCUT2D eigenvalue weighted by Crippen LogP contribution is -2.39. The van der Waals surface area contributed by atoms with Crippen molar-refractivity contribution in [2.75, 3.05) is 27.2 Å². The summed E-state index contributed by atoms with van der Waals surface area (Å²) < 4.78 is 5.31. The van der Waals surface area contributed by atoms with Crippen molar-refractivity contribution in [1.29, 1.82) is 0 Å². The third kappa shape index (κ3) is 4.03. The Labute approximate surface area is 126 Å². The highest BCUT2D eigenvalue weighted by atomic mass is 16.5. The molecule has 6 heteroatoms. The second-order valence-electron chi connectivity index (χ2n) is 7.05. The Morgan fingerprint density at radius 3 is 2.43 bits per heavy atom. The number of rotatable bonds is 3. The number of nitrogens with zero attached hydrogens (tertiary/aromatic N) is 4. The average Bonchev–Trinajstić information content (AvgIpc) is 2.87. The highest BCUT2D eigenvalue weighted by Gasteiger charge is 2.27. The lowest BCUT2D eigenvalue weighted by molar-refractivity contribution is -0.134. The number of hydrogen-bond donors (Lipinski definition) is 0.